The number of carbonyl (C=O) groups is 2. The number of methoxy groups -OCH3 is 1. The van der Waals surface area contributed by atoms with Gasteiger partial charge < -0.3 is 19.1 Å². The molecule has 128 valence electrons. The van der Waals surface area contributed by atoms with Crippen LogP contribution in [-0.4, -0.2) is 55.2 Å². The number of carbonyl (C=O) groups excluding carboxylic acids is 2. The highest BCUT2D eigenvalue weighted by Crippen LogP contribution is 2.28. The largest absolute Gasteiger partial charge is 0.467 e. The summed E-state index contributed by atoms with van der Waals surface area (Å²) >= 11 is 1.22. The molecule has 0 aromatic carbocycles. The van der Waals surface area contributed by atoms with Crippen LogP contribution in [0.15, 0.2) is 6.20 Å². The van der Waals surface area contributed by atoms with E-state index in [9.17, 15) is 9.59 Å². The highest BCUT2D eigenvalue weighted by molar-refractivity contribution is 7.13. The van der Waals surface area contributed by atoms with Gasteiger partial charge in [-0.05, 0) is 12.3 Å². The lowest BCUT2D eigenvalue weighted by Crippen LogP contribution is -2.43. The number of hydrogen-bond donors (Lipinski definition) is 0. The van der Waals surface area contributed by atoms with Crippen LogP contribution in [0.2, 0.25) is 0 Å². The zero-order valence-corrected chi connectivity index (χ0v) is 14.6. The lowest BCUT2D eigenvalue weighted by molar-refractivity contribution is -0.146. The van der Waals surface area contributed by atoms with E-state index in [0.717, 1.165) is 0 Å². The summed E-state index contributed by atoms with van der Waals surface area (Å²) in [6.07, 6.45) is 1.53. The van der Waals surface area contributed by atoms with Gasteiger partial charge in [-0.15, -0.1) is 11.3 Å². The molecule has 23 heavy (non-hydrogen) atoms. The molecule has 0 saturated carbocycles. The minimum Gasteiger partial charge on any atom is -0.467 e. The predicted molar refractivity (Wildman–Crippen MR) is 84.1 cm³/mol. The van der Waals surface area contributed by atoms with Crippen molar-refractivity contribution in [1.82, 2.24) is 9.88 Å². The maximum absolute atomic E-state index is 12.6. The molecule has 0 bridgehead atoms. The van der Waals surface area contributed by atoms with Crippen molar-refractivity contribution in [3.63, 3.8) is 0 Å². The van der Waals surface area contributed by atoms with Gasteiger partial charge in [0.25, 0.3) is 5.91 Å². The van der Waals surface area contributed by atoms with E-state index >= 15 is 0 Å². The van der Waals surface area contributed by atoms with Crippen molar-refractivity contribution in [2.24, 2.45) is 5.92 Å². The smallest absolute Gasteiger partial charge is 0.328 e. The molecule has 0 radical (unpaired) electrons. The fourth-order valence-electron chi connectivity index (χ4n) is 2.31. The quantitative estimate of drug-likeness (QED) is 0.734. The molecule has 0 N–H and O–H groups in total. The second-order valence-electron chi connectivity index (χ2n) is 5.72. The fraction of sp³-hybridized carbons (Fsp3) is 0.667. The van der Waals surface area contributed by atoms with Crippen molar-refractivity contribution in [2.75, 3.05) is 27.4 Å². The van der Waals surface area contributed by atoms with Gasteiger partial charge in [-0.1, -0.05) is 13.8 Å². The minimum atomic E-state index is -0.614. The number of amides is 1. The second kappa shape index (κ2) is 7.85. The van der Waals surface area contributed by atoms with Gasteiger partial charge in [-0.2, -0.15) is 0 Å². The van der Waals surface area contributed by atoms with Crippen molar-refractivity contribution >= 4 is 23.2 Å². The van der Waals surface area contributed by atoms with Crippen LogP contribution < -0.4 is 0 Å². The summed E-state index contributed by atoms with van der Waals surface area (Å²) in [5.41, 5.74) is 0. The highest BCUT2D eigenvalue weighted by atomic mass is 32.1. The molecular formula is C15H22N2O5S. The fourth-order valence-corrected chi connectivity index (χ4v) is 3.21. The van der Waals surface area contributed by atoms with E-state index in [1.54, 1.807) is 7.05 Å². The van der Waals surface area contributed by atoms with Crippen molar-refractivity contribution in [3.05, 3.63) is 16.1 Å². The van der Waals surface area contributed by atoms with Gasteiger partial charge in [0.15, 0.2) is 0 Å². The Labute approximate surface area is 139 Å². The van der Waals surface area contributed by atoms with Crippen LogP contribution in [0, 0.1) is 5.92 Å². The normalized spacial score (nSPS) is 16.6. The first-order valence-electron chi connectivity index (χ1n) is 7.48. The van der Waals surface area contributed by atoms with Crippen molar-refractivity contribution in [3.8, 4) is 0 Å². The zero-order chi connectivity index (χ0) is 17.0. The van der Waals surface area contributed by atoms with Crippen LogP contribution >= 0.6 is 11.3 Å². The Morgan fingerprint density at radius 3 is 2.65 bits per heavy atom. The summed E-state index contributed by atoms with van der Waals surface area (Å²) in [7, 11) is 2.93. The standard InChI is InChI=1S/C15H22N2O5S/c1-9(2)7-10(14(19)20-4)17(3)13(18)11-8-16-12(23-11)15-21-5-6-22-15/h8-10,15H,5-7H2,1-4H3/t10-/m0/s1. The van der Waals surface area contributed by atoms with Crippen LogP contribution in [0.5, 0.6) is 0 Å². The van der Waals surface area contributed by atoms with E-state index in [-0.39, 0.29) is 11.8 Å². The first-order valence-corrected chi connectivity index (χ1v) is 8.29. The molecule has 1 aromatic heterocycles. The highest BCUT2D eigenvalue weighted by Gasteiger charge is 2.31. The van der Waals surface area contributed by atoms with Crippen LogP contribution in [0.4, 0.5) is 0 Å². The molecule has 1 aliphatic heterocycles. The molecule has 1 aliphatic rings. The van der Waals surface area contributed by atoms with Crippen LogP contribution in [0.25, 0.3) is 0 Å². The molecule has 0 aliphatic carbocycles. The number of rotatable bonds is 6. The maximum Gasteiger partial charge on any atom is 0.328 e. The van der Waals surface area contributed by atoms with Gasteiger partial charge in [0.05, 0.1) is 26.5 Å². The summed E-state index contributed by atoms with van der Waals surface area (Å²) in [4.78, 5) is 30.6. The Hall–Kier alpha value is -1.51. The van der Waals surface area contributed by atoms with Gasteiger partial charge in [-0.3, -0.25) is 4.79 Å². The van der Waals surface area contributed by atoms with Crippen molar-refractivity contribution in [1.29, 1.82) is 0 Å². The number of aromatic nitrogens is 1. The van der Waals surface area contributed by atoms with Gasteiger partial charge in [0, 0.05) is 7.05 Å². The summed E-state index contributed by atoms with van der Waals surface area (Å²) in [6.45, 7) is 5.03. The van der Waals surface area contributed by atoms with E-state index < -0.39 is 18.3 Å². The van der Waals surface area contributed by atoms with Gasteiger partial charge in [0.2, 0.25) is 6.29 Å². The third kappa shape index (κ3) is 4.27. The third-order valence-corrected chi connectivity index (χ3v) is 4.52. The minimum absolute atomic E-state index is 0.256. The Balaban J connectivity index is 2.11. The number of likely N-dealkylation sites (N-methyl/N-ethyl adjacent to an activating group) is 1. The average Bonchev–Trinajstić information content (AvgIpc) is 3.20. The van der Waals surface area contributed by atoms with Crippen LogP contribution in [0.3, 0.4) is 0 Å². The van der Waals surface area contributed by atoms with Gasteiger partial charge in [-0.25, -0.2) is 9.78 Å². The molecule has 1 aromatic rings. The average molecular weight is 342 g/mol. The Bertz CT molecular complexity index is 554. The molecule has 2 rings (SSSR count). The Morgan fingerprint density at radius 1 is 1.43 bits per heavy atom. The Kier molecular flexibility index (Phi) is 6.09. The summed E-state index contributed by atoms with van der Waals surface area (Å²) in [6, 6.07) is -0.614. The zero-order valence-electron chi connectivity index (χ0n) is 13.8. The van der Waals surface area contributed by atoms with E-state index in [2.05, 4.69) is 4.98 Å². The van der Waals surface area contributed by atoms with Gasteiger partial charge >= 0.3 is 5.97 Å². The van der Waals surface area contributed by atoms with Gasteiger partial charge in [0.1, 0.15) is 15.9 Å². The Morgan fingerprint density at radius 2 is 2.09 bits per heavy atom. The van der Waals surface area contributed by atoms with E-state index in [0.29, 0.717) is 29.5 Å². The van der Waals surface area contributed by atoms with E-state index in [1.807, 2.05) is 13.8 Å². The summed E-state index contributed by atoms with van der Waals surface area (Å²) in [5, 5.41) is 0.609. The molecule has 1 saturated heterocycles. The molecular weight excluding hydrogens is 320 g/mol. The topological polar surface area (TPSA) is 78.0 Å². The van der Waals surface area contributed by atoms with Crippen LogP contribution in [0.1, 0.15) is 41.2 Å². The predicted octanol–water partition coefficient (Wildman–Crippen LogP) is 1.85. The molecule has 1 fully saturated rings. The lowest BCUT2D eigenvalue weighted by atomic mass is 10.0. The van der Waals surface area contributed by atoms with E-state index in [4.69, 9.17) is 14.2 Å². The summed E-state index contributed by atoms with van der Waals surface area (Å²) < 4.78 is 15.6. The third-order valence-electron chi connectivity index (χ3n) is 3.51. The molecule has 7 nitrogen and oxygen atoms in total. The van der Waals surface area contributed by atoms with Crippen molar-refractivity contribution < 1.29 is 23.8 Å². The maximum atomic E-state index is 12.6. The molecule has 8 heteroatoms. The molecule has 1 amide bonds. The monoisotopic (exact) mass is 342 g/mol. The number of hydrogen-bond acceptors (Lipinski definition) is 7. The second-order valence-corrected chi connectivity index (χ2v) is 6.78. The van der Waals surface area contributed by atoms with E-state index in [1.165, 1.54) is 29.5 Å². The SMILES string of the molecule is COC(=O)[C@H](CC(C)C)N(C)C(=O)c1cnc(C2OCCO2)s1. The summed E-state index contributed by atoms with van der Waals surface area (Å²) in [5.74, 6) is -0.420. The van der Waals surface area contributed by atoms with Crippen molar-refractivity contribution in [2.45, 2.75) is 32.6 Å². The molecule has 0 spiro atoms. The molecule has 0 unspecified atom stereocenters. The number of ether oxygens (including phenoxy) is 3. The lowest BCUT2D eigenvalue weighted by Gasteiger charge is -2.26. The first kappa shape index (κ1) is 17.8. The number of nitrogens with zero attached hydrogens (tertiary/aromatic N) is 2. The van der Waals surface area contributed by atoms with Crippen LogP contribution in [-0.2, 0) is 19.0 Å². The number of esters is 1. The number of thiazole rings is 1. The molecule has 1 atom stereocenters. The molecule has 2 heterocycles. The first-order chi connectivity index (χ1) is 10.9.